The Morgan fingerprint density at radius 1 is 1.26 bits per heavy atom. The standard InChI is InChI=1S/C14H20ClNO6S/c1-14(2,6-5-13(17)18)16-23(19,20)12-8-11(22-4)10(21-3)7-9(12)15/h7-8,16H,5-6H2,1-4H3,(H,17,18). The first-order valence-corrected chi connectivity index (χ1v) is 8.56. The number of carboxylic acids is 1. The molecular weight excluding hydrogens is 346 g/mol. The normalized spacial score (nSPS) is 12.0. The number of sulfonamides is 1. The second kappa shape index (κ2) is 7.37. The molecule has 130 valence electrons. The molecule has 0 amide bonds. The summed E-state index contributed by atoms with van der Waals surface area (Å²) in [7, 11) is -1.17. The summed E-state index contributed by atoms with van der Waals surface area (Å²) in [6, 6.07) is 2.61. The van der Waals surface area contributed by atoms with Crippen LogP contribution >= 0.6 is 11.6 Å². The van der Waals surface area contributed by atoms with Gasteiger partial charge in [0.25, 0.3) is 0 Å². The van der Waals surface area contributed by atoms with Crippen molar-refractivity contribution >= 4 is 27.6 Å². The Morgan fingerprint density at radius 2 is 1.78 bits per heavy atom. The lowest BCUT2D eigenvalue weighted by atomic mass is 10.0. The number of hydrogen-bond acceptors (Lipinski definition) is 5. The number of hydrogen-bond donors (Lipinski definition) is 2. The summed E-state index contributed by atoms with van der Waals surface area (Å²) in [6.07, 6.45) is -0.0261. The smallest absolute Gasteiger partial charge is 0.303 e. The van der Waals surface area contributed by atoms with Gasteiger partial charge in [-0.2, -0.15) is 0 Å². The van der Waals surface area contributed by atoms with Crippen LogP contribution in [0.25, 0.3) is 0 Å². The average molecular weight is 366 g/mol. The topological polar surface area (TPSA) is 102 Å². The molecular formula is C14H20ClNO6S. The van der Waals surface area contributed by atoms with E-state index in [1.807, 2.05) is 0 Å². The molecule has 0 aliphatic carbocycles. The minimum atomic E-state index is -3.96. The first-order chi connectivity index (χ1) is 10.5. The molecule has 9 heteroatoms. The van der Waals surface area contributed by atoms with E-state index in [2.05, 4.69) is 4.72 Å². The fourth-order valence-electron chi connectivity index (χ4n) is 1.93. The molecule has 0 saturated heterocycles. The summed E-state index contributed by atoms with van der Waals surface area (Å²) in [5, 5.41) is 8.71. The maximum absolute atomic E-state index is 12.5. The van der Waals surface area contributed by atoms with Gasteiger partial charge >= 0.3 is 5.97 Å². The maximum Gasteiger partial charge on any atom is 0.303 e. The van der Waals surface area contributed by atoms with Gasteiger partial charge in [-0.15, -0.1) is 0 Å². The van der Waals surface area contributed by atoms with Gasteiger partial charge in [0, 0.05) is 24.1 Å². The highest BCUT2D eigenvalue weighted by molar-refractivity contribution is 7.89. The molecule has 0 atom stereocenters. The minimum absolute atomic E-state index is 0.0239. The zero-order valence-electron chi connectivity index (χ0n) is 13.3. The van der Waals surface area contributed by atoms with E-state index in [-0.39, 0.29) is 28.5 Å². The van der Waals surface area contributed by atoms with E-state index in [9.17, 15) is 13.2 Å². The SMILES string of the molecule is COc1cc(Cl)c(S(=O)(=O)NC(C)(C)CCC(=O)O)cc1OC. The predicted molar refractivity (Wildman–Crippen MR) is 85.8 cm³/mol. The van der Waals surface area contributed by atoms with Crippen LogP contribution in [0.4, 0.5) is 0 Å². The van der Waals surface area contributed by atoms with E-state index in [1.165, 1.54) is 26.4 Å². The monoisotopic (exact) mass is 365 g/mol. The molecule has 0 aromatic heterocycles. The van der Waals surface area contributed by atoms with Crippen LogP contribution in [0, 0.1) is 0 Å². The summed E-state index contributed by atoms with van der Waals surface area (Å²) >= 11 is 6.03. The first-order valence-electron chi connectivity index (χ1n) is 6.69. The molecule has 0 aliphatic rings. The summed E-state index contributed by atoms with van der Waals surface area (Å²) in [5.41, 5.74) is -0.951. The van der Waals surface area contributed by atoms with Crippen molar-refractivity contribution in [3.63, 3.8) is 0 Å². The Balaban J connectivity index is 3.16. The molecule has 2 N–H and O–H groups in total. The largest absolute Gasteiger partial charge is 0.493 e. The number of benzene rings is 1. The first kappa shape index (κ1) is 19.5. The van der Waals surface area contributed by atoms with Crippen molar-refractivity contribution in [1.29, 1.82) is 0 Å². The van der Waals surface area contributed by atoms with E-state index >= 15 is 0 Å². The van der Waals surface area contributed by atoms with E-state index in [4.69, 9.17) is 26.2 Å². The zero-order valence-corrected chi connectivity index (χ0v) is 14.9. The van der Waals surface area contributed by atoms with Gasteiger partial charge in [-0.25, -0.2) is 13.1 Å². The lowest BCUT2D eigenvalue weighted by Crippen LogP contribution is -2.43. The third-order valence-corrected chi connectivity index (χ3v) is 5.26. The quantitative estimate of drug-likeness (QED) is 0.732. The van der Waals surface area contributed by atoms with Crippen molar-refractivity contribution in [2.45, 2.75) is 37.1 Å². The van der Waals surface area contributed by atoms with Crippen LogP contribution in [-0.4, -0.2) is 39.3 Å². The Morgan fingerprint density at radius 3 is 2.26 bits per heavy atom. The molecule has 7 nitrogen and oxygen atoms in total. The summed E-state index contributed by atoms with van der Waals surface area (Å²) in [4.78, 5) is 10.5. The van der Waals surface area contributed by atoms with Gasteiger partial charge in [-0.05, 0) is 20.3 Å². The van der Waals surface area contributed by atoms with Gasteiger partial charge in [-0.1, -0.05) is 11.6 Å². The van der Waals surface area contributed by atoms with Crippen LogP contribution in [0.1, 0.15) is 26.7 Å². The van der Waals surface area contributed by atoms with E-state index in [0.29, 0.717) is 5.75 Å². The molecule has 0 spiro atoms. The van der Waals surface area contributed by atoms with Crippen molar-refractivity contribution in [2.75, 3.05) is 14.2 Å². The number of carbonyl (C=O) groups is 1. The summed E-state index contributed by atoms with van der Waals surface area (Å²) in [6.45, 7) is 3.20. The number of methoxy groups -OCH3 is 2. The van der Waals surface area contributed by atoms with Crippen LogP contribution in [-0.2, 0) is 14.8 Å². The van der Waals surface area contributed by atoms with Gasteiger partial charge in [0.1, 0.15) is 4.90 Å². The number of carboxylic acid groups (broad SMARTS) is 1. The van der Waals surface area contributed by atoms with E-state index < -0.39 is 21.5 Å². The third kappa shape index (κ3) is 5.26. The number of nitrogens with one attached hydrogen (secondary N) is 1. The predicted octanol–water partition coefficient (Wildman–Crippen LogP) is 2.28. The summed E-state index contributed by atoms with van der Waals surface area (Å²) < 4.78 is 37.7. The number of rotatable bonds is 8. The zero-order chi connectivity index (χ0) is 17.8. The Labute approximate surface area is 140 Å². The molecule has 23 heavy (non-hydrogen) atoms. The number of ether oxygens (including phenoxy) is 2. The molecule has 0 unspecified atom stereocenters. The highest BCUT2D eigenvalue weighted by Gasteiger charge is 2.29. The second-order valence-electron chi connectivity index (χ2n) is 5.52. The van der Waals surface area contributed by atoms with E-state index in [0.717, 1.165) is 0 Å². The maximum atomic E-state index is 12.5. The Hall–Kier alpha value is -1.51. The molecule has 0 aliphatic heterocycles. The van der Waals surface area contributed by atoms with Crippen molar-refractivity contribution in [1.82, 2.24) is 4.72 Å². The second-order valence-corrected chi connectivity index (χ2v) is 7.58. The Kier molecular flexibility index (Phi) is 6.26. The van der Waals surface area contributed by atoms with Crippen LogP contribution in [0.15, 0.2) is 17.0 Å². The fraction of sp³-hybridized carbons (Fsp3) is 0.500. The van der Waals surface area contributed by atoms with Crippen LogP contribution in [0.2, 0.25) is 5.02 Å². The van der Waals surface area contributed by atoms with Gasteiger partial charge in [-0.3, -0.25) is 4.79 Å². The lowest BCUT2D eigenvalue weighted by Gasteiger charge is -2.25. The fourth-order valence-corrected chi connectivity index (χ4v) is 3.91. The summed E-state index contributed by atoms with van der Waals surface area (Å²) in [5.74, 6) is -0.469. The van der Waals surface area contributed by atoms with Crippen LogP contribution in [0.5, 0.6) is 11.5 Å². The highest BCUT2D eigenvalue weighted by atomic mass is 35.5. The molecule has 1 aromatic carbocycles. The van der Waals surface area contributed by atoms with Gasteiger partial charge in [0.05, 0.1) is 19.2 Å². The third-order valence-electron chi connectivity index (χ3n) is 3.10. The Bertz CT molecular complexity index is 687. The molecule has 0 bridgehead atoms. The molecule has 1 aromatic rings. The van der Waals surface area contributed by atoms with Crippen molar-refractivity contribution < 1.29 is 27.8 Å². The molecule has 0 radical (unpaired) electrons. The molecule has 0 heterocycles. The lowest BCUT2D eigenvalue weighted by molar-refractivity contribution is -0.137. The van der Waals surface area contributed by atoms with Gasteiger partial charge in [0.15, 0.2) is 11.5 Å². The highest BCUT2D eigenvalue weighted by Crippen LogP contribution is 2.35. The van der Waals surface area contributed by atoms with Crippen LogP contribution in [0.3, 0.4) is 0 Å². The number of halogens is 1. The van der Waals surface area contributed by atoms with E-state index in [1.54, 1.807) is 13.8 Å². The van der Waals surface area contributed by atoms with Crippen molar-refractivity contribution in [2.24, 2.45) is 0 Å². The van der Waals surface area contributed by atoms with Crippen LogP contribution < -0.4 is 14.2 Å². The molecule has 1 rings (SSSR count). The molecule has 0 fully saturated rings. The van der Waals surface area contributed by atoms with Gasteiger partial charge in [0.2, 0.25) is 10.0 Å². The number of aliphatic carboxylic acids is 1. The minimum Gasteiger partial charge on any atom is -0.493 e. The average Bonchev–Trinajstić information content (AvgIpc) is 2.43. The van der Waals surface area contributed by atoms with Gasteiger partial charge < -0.3 is 14.6 Å². The van der Waals surface area contributed by atoms with Crippen molar-refractivity contribution in [3.8, 4) is 11.5 Å². The van der Waals surface area contributed by atoms with Crippen molar-refractivity contribution in [3.05, 3.63) is 17.2 Å². The molecule has 0 saturated carbocycles.